The Kier molecular flexibility index (Phi) is 7.11. The van der Waals surface area contributed by atoms with Gasteiger partial charge in [0.25, 0.3) is 5.91 Å². The standard InChI is InChI=1S/C25H31ClN4O2/c1-18-3-8-23(25(32)30-15-13-29(14-16-30)19(2)31)24(27-18)21-9-11-28(12-10-21)17-20-4-6-22(26)7-5-20/h3-8,21H,9-17H2,1-2H3. The van der Waals surface area contributed by atoms with Gasteiger partial charge in [0.1, 0.15) is 0 Å². The van der Waals surface area contributed by atoms with E-state index in [4.69, 9.17) is 16.6 Å². The summed E-state index contributed by atoms with van der Waals surface area (Å²) in [7, 11) is 0. The zero-order chi connectivity index (χ0) is 22.7. The molecule has 6 nitrogen and oxygen atoms in total. The molecule has 0 unspecified atom stereocenters. The van der Waals surface area contributed by atoms with Crippen molar-refractivity contribution in [3.63, 3.8) is 0 Å². The highest BCUT2D eigenvalue weighted by molar-refractivity contribution is 6.30. The van der Waals surface area contributed by atoms with Gasteiger partial charge in [-0.1, -0.05) is 23.7 Å². The van der Waals surface area contributed by atoms with E-state index in [1.165, 1.54) is 5.56 Å². The molecular formula is C25H31ClN4O2. The fourth-order valence-corrected chi connectivity index (χ4v) is 4.80. The lowest BCUT2D eigenvalue weighted by Crippen LogP contribution is -2.50. The molecule has 0 saturated carbocycles. The molecule has 0 aliphatic carbocycles. The molecule has 3 heterocycles. The summed E-state index contributed by atoms with van der Waals surface area (Å²) in [6.07, 6.45) is 1.98. The molecule has 2 aliphatic heterocycles. The number of rotatable bonds is 4. The largest absolute Gasteiger partial charge is 0.339 e. The van der Waals surface area contributed by atoms with Crippen molar-refractivity contribution in [2.45, 2.75) is 39.2 Å². The second-order valence-corrected chi connectivity index (χ2v) is 9.30. The first-order valence-electron chi connectivity index (χ1n) is 11.4. The van der Waals surface area contributed by atoms with E-state index in [0.29, 0.717) is 26.2 Å². The molecule has 1 aromatic carbocycles. The van der Waals surface area contributed by atoms with Crippen LogP contribution in [0.15, 0.2) is 36.4 Å². The van der Waals surface area contributed by atoms with E-state index < -0.39 is 0 Å². The normalized spacial score (nSPS) is 18.1. The Morgan fingerprint density at radius 3 is 2.19 bits per heavy atom. The van der Waals surface area contributed by atoms with E-state index in [2.05, 4.69) is 17.0 Å². The van der Waals surface area contributed by atoms with Crippen LogP contribution in [0.1, 0.15) is 53.0 Å². The lowest BCUT2D eigenvalue weighted by atomic mass is 9.89. The van der Waals surface area contributed by atoms with Crippen LogP contribution in [-0.2, 0) is 11.3 Å². The second-order valence-electron chi connectivity index (χ2n) is 8.86. The van der Waals surface area contributed by atoms with Gasteiger partial charge in [-0.05, 0) is 62.7 Å². The van der Waals surface area contributed by atoms with Gasteiger partial charge in [-0.2, -0.15) is 0 Å². The first-order chi connectivity index (χ1) is 15.4. The number of halogens is 1. The van der Waals surface area contributed by atoms with Crippen molar-refractivity contribution in [2.24, 2.45) is 0 Å². The van der Waals surface area contributed by atoms with Crippen molar-refractivity contribution in [3.8, 4) is 0 Å². The number of likely N-dealkylation sites (tertiary alicyclic amines) is 1. The van der Waals surface area contributed by atoms with Gasteiger partial charge in [-0.3, -0.25) is 19.5 Å². The maximum absolute atomic E-state index is 13.3. The summed E-state index contributed by atoms with van der Waals surface area (Å²) in [6.45, 7) is 8.78. The van der Waals surface area contributed by atoms with Crippen molar-refractivity contribution < 1.29 is 9.59 Å². The number of hydrogen-bond acceptors (Lipinski definition) is 4. The summed E-state index contributed by atoms with van der Waals surface area (Å²) in [5.74, 6) is 0.397. The smallest absolute Gasteiger partial charge is 0.255 e. The molecule has 1 aromatic heterocycles. The molecule has 2 fully saturated rings. The molecule has 0 radical (unpaired) electrons. The topological polar surface area (TPSA) is 56.8 Å². The number of carbonyl (C=O) groups is 2. The molecule has 2 saturated heterocycles. The van der Waals surface area contributed by atoms with Crippen LogP contribution in [-0.4, -0.2) is 70.8 Å². The van der Waals surface area contributed by atoms with Gasteiger partial charge in [0.2, 0.25) is 5.91 Å². The molecule has 0 atom stereocenters. The monoisotopic (exact) mass is 454 g/mol. The number of pyridine rings is 1. The summed E-state index contributed by atoms with van der Waals surface area (Å²) < 4.78 is 0. The third-order valence-electron chi connectivity index (χ3n) is 6.60. The highest BCUT2D eigenvalue weighted by atomic mass is 35.5. The Morgan fingerprint density at radius 1 is 0.938 bits per heavy atom. The molecule has 7 heteroatoms. The van der Waals surface area contributed by atoms with Gasteiger partial charge in [0.15, 0.2) is 0 Å². The van der Waals surface area contributed by atoms with E-state index in [1.807, 2.05) is 36.1 Å². The van der Waals surface area contributed by atoms with Crippen molar-refractivity contribution in [3.05, 3.63) is 63.9 Å². The van der Waals surface area contributed by atoms with Crippen molar-refractivity contribution in [1.82, 2.24) is 19.7 Å². The number of aryl methyl sites for hydroxylation is 1. The fourth-order valence-electron chi connectivity index (χ4n) is 4.68. The second kappa shape index (κ2) is 10.0. The number of piperazine rings is 1. The van der Waals surface area contributed by atoms with Gasteiger partial charge >= 0.3 is 0 Å². The van der Waals surface area contributed by atoms with Gasteiger partial charge in [0, 0.05) is 56.3 Å². The fraction of sp³-hybridized carbons (Fsp3) is 0.480. The number of carbonyl (C=O) groups excluding carboxylic acids is 2. The van der Waals surface area contributed by atoms with Crippen LogP contribution in [0.2, 0.25) is 5.02 Å². The van der Waals surface area contributed by atoms with Crippen LogP contribution in [0.25, 0.3) is 0 Å². The minimum Gasteiger partial charge on any atom is -0.339 e. The average Bonchev–Trinajstić information content (AvgIpc) is 2.81. The quantitative estimate of drug-likeness (QED) is 0.706. The molecular weight excluding hydrogens is 424 g/mol. The van der Waals surface area contributed by atoms with Crippen LogP contribution < -0.4 is 0 Å². The maximum Gasteiger partial charge on any atom is 0.255 e. The number of nitrogens with zero attached hydrogens (tertiary/aromatic N) is 4. The number of aromatic nitrogens is 1. The number of benzene rings is 1. The van der Waals surface area contributed by atoms with E-state index in [0.717, 1.165) is 54.4 Å². The first-order valence-corrected chi connectivity index (χ1v) is 11.8. The molecule has 2 amide bonds. The van der Waals surface area contributed by atoms with Gasteiger partial charge in [0.05, 0.1) is 11.3 Å². The van der Waals surface area contributed by atoms with Crippen molar-refractivity contribution in [2.75, 3.05) is 39.3 Å². The van der Waals surface area contributed by atoms with Crippen LogP contribution >= 0.6 is 11.6 Å². The highest BCUT2D eigenvalue weighted by Crippen LogP contribution is 2.31. The average molecular weight is 455 g/mol. The molecule has 170 valence electrons. The van der Waals surface area contributed by atoms with Crippen molar-refractivity contribution >= 4 is 23.4 Å². The lowest BCUT2D eigenvalue weighted by molar-refractivity contribution is -0.130. The number of hydrogen-bond donors (Lipinski definition) is 0. The Hall–Kier alpha value is -2.44. The molecule has 2 aliphatic rings. The molecule has 4 rings (SSSR count). The zero-order valence-electron chi connectivity index (χ0n) is 18.9. The van der Waals surface area contributed by atoms with Crippen LogP contribution in [0.3, 0.4) is 0 Å². The summed E-state index contributed by atoms with van der Waals surface area (Å²) >= 11 is 6.00. The van der Waals surface area contributed by atoms with E-state index >= 15 is 0 Å². The summed E-state index contributed by atoms with van der Waals surface area (Å²) in [4.78, 5) is 35.9. The van der Waals surface area contributed by atoms with Crippen LogP contribution in [0.5, 0.6) is 0 Å². The van der Waals surface area contributed by atoms with Gasteiger partial charge in [-0.25, -0.2) is 0 Å². The minimum absolute atomic E-state index is 0.0410. The van der Waals surface area contributed by atoms with Crippen LogP contribution in [0.4, 0.5) is 0 Å². The van der Waals surface area contributed by atoms with E-state index in [-0.39, 0.29) is 17.7 Å². The summed E-state index contributed by atoms with van der Waals surface area (Å²) in [6, 6.07) is 11.9. The SMILES string of the molecule is CC(=O)N1CCN(C(=O)c2ccc(C)nc2C2CCN(Cc3ccc(Cl)cc3)CC2)CC1. The molecule has 0 bridgehead atoms. The Balaban J connectivity index is 1.42. The Labute approximate surface area is 195 Å². The predicted molar refractivity (Wildman–Crippen MR) is 126 cm³/mol. The first kappa shape index (κ1) is 22.7. The Morgan fingerprint density at radius 2 is 1.56 bits per heavy atom. The maximum atomic E-state index is 13.3. The van der Waals surface area contributed by atoms with Gasteiger partial charge < -0.3 is 9.80 Å². The zero-order valence-corrected chi connectivity index (χ0v) is 19.6. The molecule has 32 heavy (non-hydrogen) atoms. The van der Waals surface area contributed by atoms with Gasteiger partial charge in [-0.15, -0.1) is 0 Å². The number of amides is 2. The number of piperidine rings is 1. The molecule has 0 N–H and O–H groups in total. The summed E-state index contributed by atoms with van der Waals surface area (Å²) in [5, 5.41) is 0.762. The Bertz CT molecular complexity index is 962. The summed E-state index contributed by atoms with van der Waals surface area (Å²) in [5.41, 5.74) is 3.88. The highest BCUT2D eigenvalue weighted by Gasteiger charge is 2.29. The lowest BCUT2D eigenvalue weighted by Gasteiger charge is -2.35. The molecule has 2 aromatic rings. The van der Waals surface area contributed by atoms with Crippen molar-refractivity contribution in [1.29, 1.82) is 0 Å². The minimum atomic E-state index is 0.0410. The third kappa shape index (κ3) is 5.30. The van der Waals surface area contributed by atoms with E-state index in [1.54, 1.807) is 11.8 Å². The van der Waals surface area contributed by atoms with Crippen LogP contribution in [0, 0.1) is 6.92 Å². The predicted octanol–water partition coefficient (Wildman–Crippen LogP) is 3.73. The molecule has 0 spiro atoms. The third-order valence-corrected chi connectivity index (χ3v) is 6.85. The van der Waals surface area contributed by atoms with E-state index in [9.17, 15) is 9.59 Å².